The van der Waals surface area contributed by atoms with Crippen LogP contribution in [0.1, 0.15) is 23.0 Å². The van der Waals surface area contributed by atoms with Crippen molar-refractivity contribution in [1.29, 1.82) is 0 Å². The van der Waals surface area contributed by atoms with Gasteiger partial charge in [0.05, 0.1) is 13.1 Å². The Morgan fingerprint density at radius 2 is 1.73 bits per heavy atom. The standard InChI is InChI=1S/C23H24N4O3/c1-23(22(30)25-14-20(28)24-13-16-8-4-3-5-9-16)15-27-18-11-7-6-10-17(18)12-19(27)21(29)26(23)2/h3-12H,13-15H2,1-2H3,(H,24,28)(H,25,30). The van der Waals surface area contributed by atoms with E-state index < -0.39 is 5.54 Å². The van der Waals surface area contributed by atoms with Crippen molar-refractivity contribution in [1.82, 2.24) is 20.1 Å². The Morgan fingerprint density at radius 3 is 2.50 bits per heavy atom. The molecule has 154 valence electrons. The van der Waals surface area contributed by atoms with Gasteiger partial charge in [0.1, 0.15) is 11.2 Å². The Kier molecular flexibility index (Phi) is 5.03. The lowest BCUT2D eigenvalue weighted by molar-refractivity contribution is -0.134. The summed E-state index contributed by atoms with van der Waals surface area (Å²) >= 11 is 0. The van der Waals surface area contributed by atoms with E-state index in [4.69, 9.17) is 0 Å². The van der Waals surface area contributed by atoms with E-state index in [1.807, 2.05) is 65.2 Å². The third-order valence-corrected chi connectivity index (χ3v) is 5.77. The van der Waals surface area contributed by atoms with Crippen LogP contribution in [-0.2, 0) is 22.7 Å². The molecule has 30 heavy (non-hydrogen) atoms. The van der Waals surface area contributed by atoms with Gasteiger partial charge in [-0.1, -0.05) is 48.5 Å². The number of carbonyl (C=O) groups is 3. The fourth-order valence-corrected chi connectivity index (χ4v) is 3.80. The molecule has 1 atom stereocenters. The van der Waals surface area contributed by atoms with Crippen molar-refractivity contribution >= 4 is 28.6 Å². The normalized spacial score (nSPS) is 18.2. The summed E-state index contributed by atoms with van der Waals surface area (Å²) in [6, 6.07) is 19.1. The number of amides is 3. The molecule has 3 amide bonds. The highest BCUT2D eigenvalue weighted by molar-refractivity contribution is 6.03. The molecule has 0 saturated heterocycles. The number of likely N-dealkylation sites (N-methyl/N-ethyl adjacent to an activating group) is 1. The van der Waals surface area contributed by atoms with Crippen molar-refractivity contribution in [3.63, 3.8) is 0 Å². The Balaban J connectivity index is 1.45. The van der Waals surface area contributed by atoms with Crippen LogP contribution in [0.3, 0.4) is 0 Å². The van der Waals surface area contributed by atoms with Gasteiger partial charge in [0.15, 0.2) is 0 Å². The molecule has 0 saturated carbocycles. The van der Waals surface area contributed by atoms with E-state index in [2.05, 4.69) is 10.6 Å². The topological polar surface area (TPSA) is 83.4 Å². The summed E-state index contributed by atoms with van der Waals surface area (Å²) in [6.07, 6.45) is 0. The van der Waals surface area contributed by atoms with Gasteiger partial charge in [-0.25, -0.2) is 0 Å². The van der Waals surface area contributed by atoms with E-state index in [9.17, 15) is 14.4 Å². The van der Waals surface area contributed by atoms with Crippen molar-refractivity contribution < 1.29 is 14.4 Å². The first-order valence-corrected chi connectivity index (χ1v) is 9.85. The average molecular weight is 404 g/mol. The minimum atomic E-state index is -1.11. The predicted molar refractivity (Wildman–Crippen MR) is 114 cm³/mol. The molecule has 1 aliphatic rings. The second kappa shape index (κ2) is 7.67. The second-order valence-electron chi connectivity index (χ2n) is 7.76. The summed E-state index contributed by atoms with van der Waals surface area (Å²) in [4.78, 5) is 39.6. The monoisotopic (exact) mass is 404 g/mol. The van der Waals surface area contributed by atoms with Gasteiger partial charge < -0.3 is 20.1 Å². The largest absolute Gasteiger partial charge is 0.350 e. The predicted octanol–water partition coefficient (Wildman–Crippen LogP) is 1.92. The van der Waals surface area contributed by atoms with Crippen molar-refractivity contribution in [2.75, 3.05) is 13.6 Å². The molecule has 2 heterocycles. The number of nitrogens with one attached hydrogen (secondary N) is 2. The zero-order valence-corrected chi connectivity index (χ0v) is 17.0. The molecule has 0 fully saturated rings. The highest BCUT2D eigenvalue weighted by Crippen LogP contribution is 2.31. The number of fused-ring (bicyclic) bond motifs is 3. The number of para-hydroxylation sites is 1. The van der Waals surface area contributed by atoms with Gasteiger partial charge in [-0.05, 0) is 24.6 Å². The molecule has 2 aromatic carbocycles. The SMILES string of the molecule is CN1C(=O)c2cc3ccccc3n2CC1(C)C(=O)NCC(=O)NCc1ccccc1. The first-order valence-electron chi connectivity index (χ1n) is 9.85. The summed E-state index contributed by atoms with van der Waals surface area (Å²) in [6.45, 7) is 2.28. The van der Waals surface area contributed by atoms with E-state index in [0.29, 0.717) is 18.8 Å². The van der Waals surface area contributed by atoms with Crippen LogP contribution in [0, 0.1) is 0 Å². The number of benzene rings is 2. The lowest BCUT2D eigenvalue weighted by atomic mass is 9.95. The summed E-state index contributed by atoms with van der Waals surface area (Å²) in [7, 11) is 1.62. The number of rotatable bonds is 5. The van der Waals surface area contributed by atoms with Crippen molar-refractivity contribution in [3.05, 3.63) is 71.9 Å². The maximum absolute atomic E-state index is 13.0. The Hall–Kier alpha value is -3.61. The van der Waals surface area contributed by atoms with Gasteiger partial charge in [-0.2, -0.15) is 0 Å². The number of hydrogen-bond donors (Lipinski definition) is 2. The molecule has 1 aromatic heterocycles. The Bertz CT molecular complexity index is 1120. The van der Waals surface area contributed by atoms with Crippen LogP contribution in [0.25, 0.3) is 10.9 Å². The summed E-state index contributed by atoms with van der Waals surface area (Å²) in [5, 5.41) is 6.44. The number of aromatic nitrogens is 1. The summed E-state index contributed by atoms with van der Waals surface area (Å²) in [5.74, 6) is -0.868. The highest BCUT2D eigenvalue weighted by atomic mass is 16.2. The van der Waals surface area contributed by atoms with E-state index in [1.165, 1.54) is 4.90 Å². The molecule has 0 radical (unpaired) electrons. The zero-order valence-electron chi connectivity index (χ0n) is 17.0. The molecule has 4 rings (SSSR count). The quantitative estimate of drug-likeness (QED) is 0.682. The summed E-state index contributed by atoms with van der Waals surface area (Å²) < 4.78 is 1.88. The van der Waals surface area contributed by atoms with Crippen LogP contribution in [0.2, 0.25) is 0 Å². The highest BCUT2D eigenvalue weighted by Gasteiger charge is 2.45. The minimum Gasteiger partial charge on any atom is -0.350 e. The molecule has 7 nitrogen and oxygen atoms in total. The van der Waals surface area contributed by atoms with Crippen LogP contribution in [0.5, 0.6) is 0 Å². The number of nitrogens with zero attached hydrogens (tertiary/aromatic N) is 2. The zero-order chi connectivity index (χ0) is 21.3. The maximum Gasteiger partial charge on any atom is 0.271 e. The van der Waals surface area contributed by atoms with E-state index in [0.717, 1.165) is 16.5 Å². The van der Waals surface area contributed by atoms with E-state index in [-0.39, 0.29) is 24.3 Å². The van der Waals surface area contributed by atoms with Crippen molar-refractivity contribution in [3.8, 4) is 0 Å². The average Bonchev–Trinajstić information content (AvgIpc) is 3.13. The molecule has 0 bridgehead atoms. The second-order valence-corrected chi connectivity index (χ2v) is 7.76. The molecule has 0 aliphatic carbocycles. The van der Waals surface area contributed by atoms with Gasteiger partial charge in [0.25, 0.3) is 5.91 Å². The van der Waals surface area contributed by atoms with Crippen LogP contribution in [-0.4, -0.2) is 46.3 Å². The Labute approximate surface area is 174 Å². The van der Waals surface area contributed by atoms with Crippen LogP contribution >= 0.6 is 0 Å². The molecule has 7 heteroatoms. The van der Waals surface area contributed by atoms with Crippen LogP contribution < -0.4 is 10.6 Å². The van der Waals surface area contributed by atoms with Gasteiger partial charge >= 0.3 is 0 Å². The fourth-order valence-electron chi connectivity index (χ4n) is 3.80. The van der Waals surface area contributed by atoms with Crippen LogP contribution in [0.15, 0.2) is 60.7 Å². The maximum atomic E-state index is 13.0. The van der Waals surface area contributed by atoms with Gasteiger partial charge in [-0.15, -0.1) is 0 Å². The van der Waals surface area contributed by atoms with Crippen molar-refractivity contribution in [2.45, 2.75) is 25.6 Å². The van der Waals surface area contributed by atoms with Gasteiger partial charge in [0.2, 0.25) is 11.8 Å². The first-order chi connectivity index (χ1) is 14.4. The van der Waals surface area contributed by atoms with E-state index >= 15 is 0 Å². The molecule has 0 spiro atoms. The lowest BCUT2D eigenvalue weighted by Crippen LogP contribution is -2.63. The van der Waals surface area contributed by atoms with E-state index in [1.54, 1.807) is 14.0 Å². The van der Waals surface area contributed by atoms with Crippen molar-refractivity contribution in [2.24, 2.45) is 0 Å². The number of hydrogen-bond acceptors (Lipinski definition) is 3. The third kappa shape index (κ3) is 3.43. The number of carbonyl (C=O) groups excluding carboxylic acids is 3. The van der Waals surface area contributed by atoms with Gasteiger partial charge in [-0.3, -0.25) is 14.4 Å². The third-order valence-electron chi connectivity index (χ3n) is 5.77. The lowest BCUT2D eigenvalue weighted by Gasteiger charge is -2.41. The van der Waals surface area contributed by atoms with Crippen LogP contribution in [0.4, 0.5) is 0 Å². The molecular formula is C23H24N4O3. The molecule has 2 N–H and O–H groups in total. The minimum absolute atomic E-state index is 0.150. The smallest absolute Gasteiger partial charge is 0.271 e. The molecule has 3 aromatic rings. The molecule has 1 unspecified atom stereocenters. The first kappa shape index (κ1) is 19.7. The fraction of sp³-hybridized carbons (Fsp3) is 0.261. The Morgan fingerprint density at radius 1 is 1.03 bits per heavy atom. The summed E-state index contributed by atoms with van der Waals surface area (Å²) in [5.41, 5.74) is 1.35. The molecule has 1 aliphatic heterocycles. The van der Waals surface area contributed by atoms with Gasteiger partial charge in [0, 0.05) is 24.5 Å². The molecular weight excluding hydrogens is 380 g/mol.